The van der Waals surface area contributed by atoms with E-state index in [-0.39, 0.29) is 17.3 Å². The molecule has 25 heavy (non-hydrogen) atoms. The van der Waals surface area contributed by atoms with Gasteiger partial charge in [-0.05, 0) is 18.9 Å². The average molecular weight is 360 g/mol. The molecule has 1 unspecified atom stereocenters. The van der Waals surface area contributed by atoms with Crippen molar-refractivity contribution in [2.75, 3.05) is 12.5 Å². The molecule has 132 valence electrons. The number of methoxy groups -OCH3 is 1. The van der Waals surface area contributed by atoms with E-state index in [2.05, 4.69) is 25.4 Å². The maximum atomic E-state index is 12.5. The van der Waals surface area contributed by atoms with Crippen molar-refractivity contribution in [3.63, 3.8) is 0 Å². The third kappa shape index (κ3) is 3.36. The van der Waals surface area contributed by atoms with Crippen LogP contribution in [0.15, 0.2) is 24.0 Å². The van der Waals surface area contributed by atoms with Crippen LogP contribution < -0.4 is 10.6 Å². The number of H-pyrrole nitrogens is 1. The molecule has 1 aliphatic rings. The Morgan fingerprint density at radius 1 is 1.32 bits per heavy atom. The minimum absolute atomic E-state index is 0.0363. The predicted octanol–water partition coefficient (Wildman–Crippen LogP) is 1.75. The van der Waals surface area contributed by atoms with Crippen LogP contribution in [0, 0.1) is 5.21 Å². The van der Waals surface area contributed by atoms with Crippen molar-refractivity contribution in [3.05, 3.63) is 29.2 Å². The zero-order valence-electron chi connectivity index (χ0n) is 13.9. The Morgan fingerprint density at radius 2 is 2.16 bits per heavy atom. The van der Waals surface area contributed by atoms with E-state index in [0.29, 0.717) is 5.13 Å². The quantitative estimate of drug-likeness (QED) is 0.599. The molecule has 0 aromatic carbocycles. The van der Waals surface area contributed by atoms with E-state index in [4.69, 9.17) is 4.74 Å². The number of rotatable bonds is 5. The minimum Gasteiger partial charge on any atom is -0.608 e. The molecule has 1 atom stereocenters. The van der Waals surface area contributed by atoms with Crippen LogP contribution in [-0.4, -0.2) is 39.2 Å². The number of thiazole rings is 1. The van der Waals surface area contributed by atoms with Crippen LogP contribution in [-0.2, 0) is 4.74 Å². The molecule has 3 aromatic heterocycles. The number of quaternary nitrogens is 1. The number of nitrogens with one attached hydrogen (secondary N) is 3. The molecule has 8 nitrogen and oxygen atoms in total. The molecule has 3 heterocycles. The van der Waals surface area contributed by atoms with E-state index in [1.807, 2.05) is 17.6 Å². The molecule has 4 rings (SSSR count). The van der Waals surface area contributed by atoms with Gasteiger partial charge in [-0.3, -0.25) is 5.17 Å². The molecule has 1 saturated carbocycles. The smallest absolute Gasteiger partial charge is 0.230 e. The molecule has 0 radical (unpaired) electrons. The summed E-state index contributed by atoms with van der Waals surface area (Å²) in [7, 11) is 1.73. The topological polar surface area (TPSA) is 103 Å². The van der Waals surface area contributed by atoms with Crippen molar-refractivity contribution in [3.8, 4) is 11.4 Å². The Kier molecular flexibility index (Phi) is 4.62. The number of hydroxylamine groups is 1. The second-order valence-corrected chi connectivity index (χ2v) is 7.06. The maximum Gasteiger partial charge on any atom is 0.230 e. The number of fused-ring (bicyclic) bond motifs is 1. The summed E-state index contributed by atoms with van der Waals surface area (Å²) in [6, 6.07) is 1.96. The zero-order chi connectivity index (χ0) is 17.2. The lowest BCUT2D eigenvalue weighted by molar-refractivity contribution is -0.854. The molecule has 1 fully saturated rings. The first kappa shape index (κ1) is 16.4. The SMILES string of the molecule is COC1CCC([NH+]([O-])Nc2nc(-c3ncnc4[nH]ccc34)cs2)CC1. The first-order valence-corrected chi connectivity index (χ1v) is 9.20. The zero-order valence-corrected chi connectivity index (χ0v) is 14.7. The maximum absolute atomic E-state index is 12.5. The van der Waals surface area contributed by atoms with Gasteiger partial charge in [-0.15, -0.1) is 11.3 Å². The van der Waals surface area contributed by atoms with E-state index in [1.165, 1.54) is 17.7 Å². The van der Waals surface area contributed by atoms with Crippen LogP contribution in [0.1, 0.15) is 25.7 Å². The third-order valence-corrected chi connectivity index (χ3v) is 5.47. The molecule has 9 heteroatoms. The van der Waals surface area contributed by atoms with E-state index in [1.54, 1.807) is 7.11 Å². The van der Waals surface area contributed by atoms with Gasteiger partial charge in [-0.1, -0.05) is 0 Å². The van der Waals surface area contributed by atoms with Crippen molar-refractivity contribution >= 4 is 27.5 Å². The first-order valence-electron chi connectivity index (χ1n) is 8.32. The molecular formula is C16H20N6O2S. The van der Waals surface area contributed by atoms with Gasteiger partial charge in [0.25, 0.3) is 0 Å². The average Bonchev–Trinajstić information content (AvgIpc) is 3.30. The van der Waals surface area contributed by atoms with Gasteiger partial charge in [0.05, 0.1) is 6.10 Å². The molecule has 0 spiro atoms. The summed E-state index contributed by atoms with van der Waals surface area (Å²) in [4.78, 5) is 16.1. The number of hydrogen-bond acceptors (Lipinski definition) is 7. The van der Waals surface area contributed by atoms with E-state index in [0.717, 1.165) is 48.1 Å². The molecule has 1 aliphatic carbocycles. The lowest BCUT2D eigenvalue weighted by Crippen LogP contribution is -3.14. The molecule has 0 bridgehead atoms. The van der Waals surface area contributed by atoms with Crippen molar-refractivity contribution in [1.82, 2.24) is 19.9 Å². The van der Waals surface area contributed by atoms with Gasteiger partial charge < -0.3 is 14.9 Å². The Morgan fingerprint density at radius 3 is 2.96 bits per heavy atom. The van der Waals surface area contributed by atoms with Crippen LogP contribution in [0.5, 0.6) is 0 Å². The van der Waals surface area contributed by atoms with Crippen LogP contribution in [0.4, 0.5) is 5.13 Å². The largest absolute Gasteiger partial charge is 0.608 e. The highest BCUT2D eigenvalue weighted by molar-refractivity contribution is 7.14. The second kappa shape index (κ2) is 7.04. The van der Waals surface area contributed by atoms with Gasteiger partial charge >= 0.3 is 0 Å². The summed E-state index contributed by atoms with van der Waals surface area (Å²) in [5.41, 5.74) is 5.24. The van der Waals surface area contributed by atoms with Crippen molar-refractivity contribution < 1.29 is 9.91 Å². The van der Waals surface area contributed by atoms with Crippen molar-refractivity contribution in [2.24, 2.45) is 0 Å². The number of aromatic nitrogens is 4. The van der Waals surface area contributed by atoms with Gasteiger partial charge in [-0.25, -0.2) is 20.4 Å². The van der Waals surface area contributed by atoms with Crippen molar-refractivity contribution in [1.29, 1.82) is 0 Å². The fraction of sp³-hybridized carbons (Fsp3) is 0.438. The highest BCUT2D eigenvalue weighted by Gasteiger charge is 2.26. The number of nitrogens with zero attached hydrogens (tertiary/aromatic N) is 3. The minimum atomic E-state index is 0.0363. The molecule has 0 amide bonds. The van der Waals surface area contributed by atoms with Crippen LogP contribution in [0.2, 0.25) is 0 Å². The molecule has 0 saturated heterocycles. The number of anilines is 1. The van der Waals surface area contributed by atoms with Gasteiger partial charge in [0.1, 0.15) is 29.4 Å². The number of ether oxygens (including phenoxy) is 1. The van der Waals surface area contributed by atoms with Gasteiger partial charge in [-0.2, -0.15) is 0 Å². The Bertz CT molecular complexity index is 842. The number of aromatic amines is 1. The lowest BCUT2D eigenvalue weighted by Gasteiger charge is -2.35. The predicted molar refractivity (Wildman–Crippen MR) is 96.0 cm³/mol. The monoisotopic (exact) mass is 360 g/mol. The highest BCUT2D eigenvalue weighted by atomic mass is 32.1. The standard InChI is InChI=1S/C16H20N6O2S/c1-24-11-4-2-10(3-5-11)22(23)21-16-20-13(8-25-16)14-12-6-7-17-15(12)19-9-18-14/h6-11,22H,2-5H2,1H3,(H,20,21)(H,17,18,19). The van der Waals surface area contributed by atoms with E-state index >= 15 is 0 Å². The molecule has 0 aliphatic heterocycles. The van der Waals surface area contributed by atoms with Crippen molar-refractivity contribution in [2.45, 2.75) is 37.8 Å². The molecule has 3 N–H and O–H groups in total. The fourth-order valence-electron chi connectivity index (χ4n) is 3.28. The molecular weight excluding hydrogens is 340 g/mol. The van der Waals surface area contributed by atoms with E-state index in [9.17, 15) is 5.21 Å². The normalized spacial score (nSPS) is 22.2. The summed E-state index contributed by atoms with van der Waals surface area (Å²) in [5, 5.41) is 15.9. The summed E-state index contributed by atoms with van der Waals surface area (Å²) in [5.74, 6) is 0. The summed E-state index contributed by atoms with van der Waals surface area (Å²) >= 11 is 1.41. The summed E-state index contributed by atoms with van der Waals surface area (Å²) in [6.07, 6.45) is 7.22. The van der Waals surface area contributed by atoms with E-state index < -0.39 is 0 Å². The Balaban J connectivity index is 1.46. The lowest BCUT2D eigenvalue weighted by atomic mass is 9.93. The second-order valence-electron chi connectivity index (χ2n) is 6.20. The van der Waals surface area contributed by atoms with Crippen LogP contribution >= 0.6 is 11.3 Å². The Labute approximate surface area is 148 Å². The highest BCUT2D eigenvalue weighted by Crippen LogP contribution is 2.27. The first-order chi connectivity index (χ1) is 12.2. The van der Waals surface area contributed by atoms with Gasteiger partial charge in [0.2, 0.25) is 5.13 Å². The molecule has 3 aromatic rings. The Hall–Kier alpha value is -2.07. The van der Waals surface area contributed by atoms with Crippen LogP contribution in [0.25, 0.3) is 22.4 Å². The third-order valence-electron chi connectivity index (χ3n) is 4.71. The summed E-state index contributed by atoms with van der Waals surface area (Å²) in [6.45, 7) is 0. The fourth-order valence-corrected chi connectivity index (χ4v) is 3.98. The van der Waals surface area contributed by atoms with Gasteiger partial charge in [0, 0.05) is 36.9 Å². The van der Waals surface area contributed by atoms with Gasteiger partial charge in [0.15, 0.2) is 0 Å². The summed E-state index contributed by atoms with van der Waals surface area (Å²) < 4.78 is 5.36. The van der Waals surface area contributed by atoms with Crippen LogP contribution in [0.3, 0.4) is 0 Å². The number of hydrogen-bond donors (Lipinski definition) is 3.